The molecule has 166 valence electrons. The summed E-state index contributed by atoms with van der Waals surface area (Å²) in [5.41, 5.74) is -0.192. The number of nitrogens with one attached hydrogen (secondary N) is 3. The van der Waals surface area contributed by atoms with Gasteiger partial charge >= 0.3 is 5.69 Å². The van der Waals surface area contributed by atoms with E-state index in [0.29, 0.717) is 24.8 Å². The predicted molar refractivity (Wildman–Crippen MR) is 116 cm³/mol. The van der Waals surface area contributed by atoms with Crippen molar-refractivity contribution >= 4 is 15.7 Å². The van der Waals surface area contributed by atoms with Crippen LogP contribution in [0.1, 0.15) is 46.1 Å². The second-order valence-electron chi connectivity index (χ2n) is 7.61. The molecular weight excluding hydrogens is 434 g/mol. The van der Waals surface area contributed by atoms with Crippen LogP contribution in [0, 0.1) is 0 Å². The van der Waals surface area contributed by atoms with Gasteiger partial charge in [-0.3, -0.25) is 19.6 Å². The lowest BCUT2D eigenvalue weighted by atomic mass is 9.85. The Morgan fingerprint density at radius 2 is 1.81 bits per heavy atom. The zero-order chi connectivity index (χ0) is 22.9. The minimum atomic E-state index is -3.54. The van der Waals surface area contributed by atoms with E-state index >= 15 is 0 Å². The summed E-state index contributed by atoms with van der Waals surface area (Å²) in [5.74, 6) is -1.84. The maximum absolute atomic E-state index is 12.9. The van der Waals surface area contributed by atoms with Gasteiger partial charge in [-0.25, -0.2) is 13.2 Å². The minimum absolute atomic E-state index is 0.164. The van der Waals surface area contributed by atoms with E-state index in [-0.39, 0.29) is 10.6 Å². The molecule has 1 aliphatic rings. The van der Waals surface area contributed by atoms with Gasteiger partial charge in [0.15, 0.2) is 15.5 Å². The molecule has 2 aromatic carbocycles. The maximum atomic E-state index is 12.9. The standard InChI is InChI=1S/C22H21N3O6S/c26-19-18(24-22(29)25-21(19)28)20(27)23-17-11-5-9-15-13(6-4-10-16(15)17)12-32(30,31)14-7-2-1-3-8-14/h1-4,6-8,10,17,26H,5,9,11-12H2,(H,23,27)(H2,24,25,28,29). The van der Waals surface area contributed by atoms with Crippen molar-refractivity contribution in [3.05, 3.63) is 91.8 Å². The number of fused-ring (bicyclic) bond motifs is 1. The van der Waals surface area contributed by atoms with Crippen LogP contribution in [-0.4, -0.2) is 29.4 Å². The number of H-pyrrole nitrogens is 2. The monoisotopic (exact) mass is 455 g/mol. The molecule has 0 aliphatic heterocycles. The van der Waals surface area contributed by atoms with Crippen LogP contribution < -0.4 is 16.6 Å². The molecule has 4 rings (SSSR count). The number of amides is 1. The summed E-state index contributed by atoms with van der Waals surface area (Å²) in [6, 6.07) is 13.1. The molecule has 1 amide bonds. The van der Waals surface area contributed by atoms with E-state index in [1.165, 1.54) is 0 Å². The van der Waals surface area contributed by atoms with Gasteiger partial charge in [-0.05, 0) is 48.1 Å². The van der Waals surface area contributed by atoms with Gasteiger partial charge in [-0.15, -0.1) is 0 Å². The van der Waals surface area contributed by atoms with Crippen LogP contribution in [0.4, 0.5) is 0 Å². The van der Waals surface area contributed by atoms with Gasteiger partial charge in [0.1, 0.15) is 0 Å². The lowest BCUT2D eigenvalue weighted by Gasteiger charge is -2.28. The van der Waals surface area contributed by atoms with Gasteiger partial charge in [-0.2, -0.15) is 0 Å². The fraction of sp³-hybridized carbons (Fsp3) is 0.227. The molecule has 1 aliphatic carbocycles. The lowest BCUT2D eigenvalue weighted by molar-refractivity contribution is 0.0923. The third kappa shape index (κ3) is 4.22. The highest BCUT2D eigenvalue weighted by atomic mass is 32.2. The number of aromatic nitrogens is 2. The van der Waals surface area contributed by atoms with Crippen molar-refractivity contribution in [2.45, 2.75) is 36.0 Å². The first-order valence-corrected chi connectivity index (χ1v) is 11.7. The van der Waals surface area contributed by atoms with Crippen molar-refractivity contribution < 1.29 is 18.3 Å². The summed E-state index contributed by atoms with van der Waals surface area (Å²) in [6.07, 6.45) is 1.95. The summed E-state index contributed by atoms with van der Waals surface area (Å²) < 4.78 is 25.7. The molecule has 1 heterocycles. The number of hydrogen-bond acceptors (Lipinski definition) is 6. The summed E-state index contributed by atoms with van der Waals surface area (Å²) >= 11 is 0. The summed E-state index contributed by atoms with van der Waals surface area (Å²) in [5, 5.41) is 12.6. The highest BCUT2D eigenvalue weighted by molar-refractivity contribution is 7.90. The first-order valence-electron chi connectivity index (χ1n) is 10.0. The number of aromatic hydroxyl groups is 1. The Morgan fingerprint density at radius 1 is 1.06 bits per heavy atom. The molecule has 0 fully saturated rings. The number of carbonyl (C=O) groups excluding carboxylic acids is 1. The molecule has 10 heteroatoms. The molecule has 0 bridgehead atoms. The molecular formula is C22H21N3O6S. The average Bonchev–Trinajstić information content (AvgIpc) is 2.77. The lowest BCUT2D eigenvalue weighted by Crippen LogP contribution is -2.35. The second-order valence-corrected chi connectivity index (χ2v) is 9.60. The molecule has 0 saturated carbocycles. The topological polar surface area (TPSA) is 149 Å². The Balaban J connectivity index is 1.64. The van der Waals surface area contributed by atoms with E-state index in [4.69, 9.17) is 0 Å². The van der Waals surface area contributed by atoms with Gasteiger partial charge in [0.05, 0.1) is 16.7 Å². The van der Waals surface area contributed by atoms with Crippen LogP contribution in [-0.2, 0) is 22.0 Å². The summed E-state index contributed by atoms with van der Waals surface area (Å²) in [4.78, 5) is 40.0. The fourth-order valence-electron chi connectivity index (χ4n) is 4.00. The van der Waals surface area contributed by atoms with Crippen molar-refractivity contribution in [1.29, 1.82) is 0 Å². The molecule has 9 nitrogen and oxygen atoms in total. The van der Waals surface area contributed by atoms with Crippen LogP contribution in [0.15, 0.2) is 63.0 Å². The zero-order valence-corrected chi connectivity index (χ0v) is 17.7. The Morgan fingerprint density at radius 3 is 2.56 bits per heavy atom. The highest BCUT2D eigenvalue weighted by Crippen LogP contribution is 2.33. The van der Waals surface area contributed by atoms with Gasteiger partial charge in [0, 0.05) is 0 Å². The molecule has 3 aromatic rings. The normalized spacial score (nSPS) is 15.7. The smallest absolute Gasteiger partial charge is 0.326 e. The van der Waals surface area contributed by atoms with Crippen LogP contribution in [0.3, 0.4) is 0 Å². The number of hydrogen-bond donors (Lipinski definition) is 4. The first kappa shape index (κ1) is 21.6. The summed E-state index contributed by atoms with van der Waals surface area (Å²) in [7, 11) is -3.54. The first-order chi connectivity index (χ1) is 15.3. The van der Waals surface area contributed by atoms with Crippen LogP contribution in [0.2, 0.25) is 0 Å². The molecule has 0 saturated heterocycles. The van der Waals surface area contributed by atoms with Gasteiger partial charge in [0.25, 0.3) is 11.5 Å². The van der Waals surface area contributed by atoms with E-state index in [9.17, 15) is 27.9 Å². The molecule has 0 radical (unpaired) electrons. The van der Waals surface area contributed by atoms with Crippen molar-refractivity contribution in [3.8, 4) is 5.75 Å². The van der Waals surface area contributed by atoms with Gasteiger partial charge < -0.3 is 10.4 Å². The minimum Gasteiger partial charge on any atom is -0.501 e. The van der Waals surface area contributed by atoms with E-state index in [1.54, 1.807) is 42.5 Å². The molecule has 4 N–H and O–H groups in total. The molecule has 1 aromatic heterocycles. The second kappa shape index (κ2) is 8.46. The van der Waals surface area contributed by atoms with E-state index in [1.807, 2.05) is 11.1 Å². The Bertz CT molecular complexity index is 1390. The highest BCUT2D eigenvalue weighted by Gasteiger charge is 2.27. The maximum Gasteiger partial charge on any atom is 0.326 e. The number of benzene rings is 2. The van der Waals surface area contributed by atoms with Crippen molar-refractivity contribution in [1.82, 2.24) is 15.3 Å². The third-order valence-corrected chi connectivity index (χ3v) is 7.18. The van der Waals surface area contributed by atoms with Crippen LogP contribution in [0.25, 0.3) is 0 Å². The Hall–Kier alpha value is -3.66. The predicted octanol–water partition coefficient (Wildman–Crippen LogP) is 1.55. The number of carbonyl (C=O) groups is 1. The SMILES string of the molecule is O=C(NC1CCCc2c(CS(=O)(=O)c3ccccc3)cccc21)c1[nH]c(=O)[nH]c(=O)c1O. The number of aromatic amines is 2. The fourth-order valence-corrected chi connectivity index (χ4v) is 5.42. The van der Waals surface area contributed by atoms with E-state index in [0.717, 1.165) is 11.1 Å². The Kier molecular flexibility index (Phi) is 5.70. The number of rotatable bonds is 5. The molecule has 0 spiro atoms. The van der Waals surface area contributed by atoms with Crippen molar-refractivity contribution in [3.63, 3.8) is 0 Å². The third-order valence-electron chi connectivity index (χ3n) is 5.50. The van der Waals surface area contributed by atoms with Crippen LogP contribution in [0.5, 0.6) is 5.75 Å². The van der Waals surface area contributed by atoms with Gasteiger partial charge in [0.2, 0.25) is 5.75 Å². The van der Waals surface area contributed by atoms with E-state index in [2.05, 4.69) is 10.3 Å². The molecule has 1 unspecified atom stereocenters. The van der Waals surface area contributed by atoms with Crippen LogP contribution >= 0.6 is 0 Å². The molecule has 1 atom stereocenters. The quantitative estimate of drug-likeness (QED) is 0.459. The Labute approximate surface area is 183 Å². The largest absolute Gasteiger partial charge is 0.501 e. The van der Waals surface area contributed by atoms with Gasteiger partial charge in [-0.1, -0.05) is 36.4 Å². The summed E-state index contributed by atoms with van der Waals surface area (Å²) in [6.45, 7) is 0. The van der Waals surface area contributed by atoms with Crippen molar-refractivity contribution in [2.24, 2.45) is 0 Å². The van der Waals surface area contributed by atoms with Crippen molar-refractivity contribution in [2.75, 3.05) is 0 Å². The molecule has 32 heavy (non-hydrogen) atoms. The average molecular weight is 455 g/mol. The number of sulfone groups is 1. The van der Waals surface area contributed by atoms with E-state index < -0.39 is 44.5 Å². The zero-order valence-electron chi connectivity index (χ0n) is 16.9.